The summed E-state index contributed by atoms with van der Waals surface area (Å²) in [6, 6.07) is 0. The fraction of sp³-hybridized carbons (Fsp3) is 0.900. The zero-order chi connectivity index (χ0) is 10.8. The number of rotatable bonds is 8. The molecular formula is C10H20O4. The van der Waals surface area contributed by atoms with Crippen LogP contribution in [0, 0.1) is 0 Å². The van der Waals surface area contributed by atoms with E-state index in [-0.39, 0.29) is 12.1 Å². The Morgan fingerprint density at radius 2 is 1.93 bits per heavy atom. The summed E-state index contributed by atoms with van der Waals surface area (Å²) >= 11 is 0. The van der Waals surface area contributed by atoms with E-state index in [1.807, 2.05) is 6.92 Å². The van der Waals surface area contributed by atoms with Gasteiger partial charge in [-0.15, -0.1) is 0 Å². The second-order valence-electron chi connectivity index (χ2n) is 3.21. The van der Waals surface area contributed by atoms with Gasteiger partial charge in [-0.1, -0.05) is 0 Å². The summed E-state index contributed by atoms with van der Waals surface area (Å²) < 4.78 is 14.8. The van der Waals surface area contributed by atoms with Crippen LogP contribution >= 0.6 is 0 Å². The minimum Gasteiger partial charge on any atom is -0.460 e. The maximum Gasteiger partial charge on any atom is 0.306 e. The van der Waals surface area contributed by atoms with E-state index in [4.69, 9.17) is 14.2 Å². The molecule has 4 heteroatoms. The van der Waals surface area contributed by atoms with E-state index in [0.29, 0.717) is 19.6 Å². The first-order valence-corrected chi connectivity index (χ1v) is 4.88. The number of carbonyl (C=O) groups excluding carboxylic acids is 1. The minimum atomic E-state index is -0.161. The highest BCUT2D eigenvalue weighted by Gasteiger charge is 2.08. The molecule has 0 amide bonds. The monoisotopic (exact) mass is 204 g/mol. The molecule has 1 atom stereocenters. The molecule has 0 fully saturated rings. The topological polar surface area (TPSA) is 44.8 Å². The lowest BCUT2D eigenvalue weighted by Crippen LogP contribution is -2.19. The van der Waals surface area contributed by atoms with E-state index in [1.165, 1.54) is 0 Å². The van der Waals surface area contributed by atoms with E-state index >= 15 is 0 Å². The lowest BCUT2D eigenvalue weighted by atomic mass is 10.2. The molecule has 0 heterocycles. The van der Waals surface area contributed by atoms with Crippen LogP contribution in [-0.2, 0) is 19.0 Å². The SMILES string of the molecule is COCCCCC(=O)OC(C)COC. The fourth-order valence-corrected chi connectivity index (χ4v) is 1.07. The van der Waals surface area contributed by atoms with Gasteiger partial charge in [-0.2, -0.15) is 0 Å². The smallest absolute Gasteiger partial charge is 0.306 e. The van der Waals surface area contributed by atoms with E-state index < -0.39 is 0 Å². The zero-order valence-electron chi connectivity index (χ0n) is 9.25. The van der Waals surface area contributed by atoms with E-state index in [2.05, 4.69) is 0 Å². The first kappa shape index (κ1) is 13.4. The van der Waals surface area contributed by atoms with Crippen molar-refractivity contribution in [1.29, 1.82) is 0 Å². The van der Waals surface area contributed by atoms with Crippen molar-refractivity contribution in [2.24, 2.45) is 0 Å². The Hall–Kier alpha value is -0.610. The lowest BCUT2D eigenvalue weighted by molar-refractivity contribution is -0.150. The van der Waals surface area contributed by atoms with Crippen LogP contribution in [0.4, 0.5) is 0 Å². The van der Waals surface area contributed by atoms with Gasteiger partial charge in [-0.25, -0.2) is 0 Å². The van der Waals surface area contributed by atoms with Gasteiger partial charge in [-0.05, 0) is 19.8 Å². The minimum absolute atomic E-state index is 0.157. The van der Waals surface area contributed by atoms with Crippen molar-refractivity contribution in [1.82, 2.24) is 0 Å². The summed E-state index contributed by atoms with van der Waals surface area (Å²) in [4.78, 5) is 11.2. The van der Waals surface area contributed by atoms with Crippen LogP contribution in [-0.4, -0.2) is 39.5 Å². The van der Waals surface area contributed by atoms with E-state index in [1.54, 1.807) is 14.2 Å². The molecule has 0 bridgehead atoms. The van der Waals surface area contributed by atoms with Crippen molar-refractivity contribution in [2.45, 2.75) is 32.3 Å². The van der Waals surface area contributed by atoms with Crippen LogP contribution in [0.25, 0.3) is 0 Å². The summed E-state index contributed by atoms with van der Waals surface area (Å²) in [5.41, 5.74) is 0. The summed E-state index contributed by atoms with van der Waals surface area (Å²) in [6.07, 6.45) is 2.00. The Labute approximate surface area is 85.5 Å². The molecule has 14 heavy (non-hydrogen) atoms. The summed E-state index contributed by atoms with van der Waals surface area (Å²) in [5.74, 6) is -0.161. The van der Waals surface area contributed by atoms with Crippen molar-refractivity contribution in [3.05, 3.63) is 0 Å². The molecule has 84 valence electrons. The average Bonchev–Trinajstić information content (AvgIpc) is 2.13. The Balaban J connectivity index is 3.35. The third kappa shape index (κ3) is 8.01. The first-order valence-electron chi connectivity index (χ1n) is 4.88. The summed E-state index contributed by atoms with van der Waals surface area (Å²) in [5, 5.41) is 0. The molecule has 0 saturated carbocycles. The molecule has 0 spiro atoms. The molecule has 0 aromatic rings. The average molecular weight is 204 g/mol. The third-order valence-corrected chi connectivity index (χ3v) is 1.71. The highest BCUT2D eigenvalue weighted by atomic mass is 16.6. The number of hydrogen-bond donors (Lipinski definition) is 0. The molecule has 0 saturated heterocycles. The molecule has 1 unspecified atom stereocenters. The van der Waals surface area contributed by atoms with Gasteiger partial charge in [-0.3, -0.25) is 4.79 Å². The van der Waals surface area contributed by atoms with Gasteiger partial charge in [0.2, 0.25) is 0 Å². The van der Waals surface area contributed by atoms with Crippen LogP contribution in [0.3, 0.4) is 0 Å². The van der Waals surface area contributed by atoms with Crippen LogP contribution in [0.1, 0.15) is 26.2 Å². The molecule has 0 aliphatic carbocycles. The predicted octanol–water partition coefficient (Wildman–Crippen LogP) is 1.38. The quantitative estimate of drug-likeness (QED) is 0.442. The predicted molar refractivity (Wildman–Crippen MR) is 53.2 cm³/mol. The summed E-state index contributed by atoms with van der Waals surface area (Å²) in [6.45, 7) is 2.96. The van der Waals surface area contributed by atoms with Gasteiger partial charge in [0.25, 0.3) is 0 Å². The Kier molecular flexibility index (Phi) is 8.57. The number of methoxy groups -OCH3 is 2. The van der Waals surface area contributed by atoms with E-state index in [9.17, 15) is 4.79 Å². The van der Waals surface area contributed by atoms with Gasteiger partial charge in [0.15, 0.2) is 0 Å². The normalized spacial score (nSPS) is 12.5. The van der Waals surface area contributed by atoms with E-state index in [0.717, 1.165) is 12.8 Å². The second-order valence-corrected chi connectivity index (χ2v) is 3.21. The van der Waals surface area contributed by atoms with Crippen molar-refractivity contribution < 1.29 is 19.0 Å². The number of carbonyl (C=O) groups is 1. The molecule has 0 radical (unpaired) electrons. The third-order valence-electron chi connectivity index (χ3n) is 1.71. The zero-order valence-corrected chi connectivity index (χ0v) is 9.25. The number of ether oxygens (including phenoxy) is 3. The standard InChI is InChI=1S/C10H20O4/c1-9(8-13-3)14-10(11)6-4-5-7-12-2/h9H,4-8H2,1-3H3. The Bertz CT molecular complexity index is 147. The second kappa shape index (κ2) is 8.97. The highest BCUT2D eigenvalue weighted by Crippen LogP contribution is 2.01. The number of hydrogen-bond acceptors (Lipinski definition) is 4. The van der Waals surface area contributed by atoms with Crippen molar-refractivity contribution in [3.63, 3.8) is 0 Å². The Morgan fingerprint density at radius 3 is 2.50 bits per heavy atom. The van der Waals surface area contributed by atoms with Gasteiger partial charge < -0.3 is 14.2 Å². The fourth-order valence-electron chi connectivity index (χ4n) is 1.07. The molecule has 0 rings (SSSR count). The first-order chi connectivity index (χ1) is 6.70. The van der Waals surface area contributed by atoms with Crippen LogP contribution in [0.5, 0.6) is 0 Å². The van der Waals surface area contributed by atoms with Gasteiger partial charge in [0, 0.05) is 27.2 Å². The lowest BCUT2D eigenvalue weighted by Gasteiger charge is -2.11. The van der Waals surface area contributed by atoms with Crippen molar-refractivity contribution >= 4 is 5.97 Å². The summed E-state index contributed by atoms with van der Waals surface area (Å²) in [7, 11) is 3.24. The molecule has 0 aromatic heterocycles. The Morgan fingerprint density at radius 1 is 1.21 bits per heavy atom. The molecular weight excluding hydrogens is 184 g/mol. The highest BCUT2D eigenvalue weighted by molar-refractivity contribution is 5.69. The van der Waals surface area contributed by atoms with Crippen LogP contribution in [0.15, 0.2) is 0 Å². The molecule has 0 N–H and O–H groups in total. The van der Waals surface area contributed by atoms with Crippen molar-refractivity contribution in [3.8, 4) is 0 Å². The molecule has 0 aliphatic rings. The molecule has 4 nitrogen and oxygen atoms in total. The maximum atomic E-state index is 11.2. The van der Waals surface area contributed by atoms with Gasteiger partial charge in [0.05, 0.1) is 6.61 Å². The number of esters is 1. The molecule has 0 aromatic carbocycles. The maximum absolute atomic E-state index is 11.2. The van der Waals surface area contributed by atoms with Crippen LogP contribution < -0.4 is 0 Å². The van der Waals surface area contributed by atoms with Gasteiger partial charge in [0.1, 0.15) is 6.10 Å². The van der Waals surface area contributed by atoms with Gasteiger partial charge >= 0.3 is 5.97 Å². The largest absolute Gasteiger partial charge is 0.460 e. The van der Waals surface area contributed by atoms with Crippen LogP contribution in [0.2, 0.25) is 0 Å². The number of unbranched alkanes of at least 4 members (excludes halogenated alkanes) is 1. The van der Waals surface area contributed by atoms with Crippen molar-refractivity contribution in [2.75, 3.05) is 27.4 Å². The molecule has 0 aliphatic heterocycles.